The van der Waals surface area contributed by atoms with Crippen molar-refractivity contribution in [1.82, 2.24) is 20.3 Å². The van der Waals surface area contributed by atoms with Gasteiger partial charge in [0.15, 0.2) is 0 Å². The van der Waals surface area contributed by atoms with Crippen LogP contribution in [-0.4, -0.2) is 52.7 Å². The highest BCUT2D eigenvalue weighted by atomic mass is 32.1. The lowest BCUT2D eigenvalue weighted by Gasteiger charge is -2.26. The molecule has 7 nitrogen and oxygen atoms in total. The second-order valence-electron chi connectivity index (χ2n) is 8.05. The third kappa shape index (κ3) is 4.72. The van der Waals surface area contributed by atoms with E-state index in [4.69, 9.17) is 9.72 Å². The molecule has 1 fully saturated rings. The zero-order valence-corrected chi connectivity index (χ0v) is 17.7. The van der Waals surface area contributed by atoms with E-state index >= 15 is 0 Å². The van der Waals surface area contributed by atoms with Crippen LogP contribution in [0.1, 0.15) is 31.1 Å². The summed E-state index contributed by atoms with van der Waals surface area (Å²) >= 11 is 1.60. The number of carbonyl (C=O) groups excluding carboxylic acids is 1. The molecule has 3 heterocycles. The average Bonchev–Trinajstić information content (AvgIpc) is 3.11. The monoisotopic (exact) mass is 411 g/mol. The number of anilines is 1. The minimum Gasteiger partial charge on any atom is -0.379 e. The van der Waals surface area contributed by atoms with Gasteiger partial charge in [-0.25, -0.2) is 15.0 Å². The molecule has 4 rings (SSSR count). The van der Waals surface area contributed by atoms with Crippen molar-refractivity contribution in [3.8, 4) is 11.1 Å². The van der Waals surface area contributed by atoms with Crippen LogP contribution in [0, 0.1) is 0 Å². The molecule has 0 radical (unpaired) electrons. The van der Waals surface area contributed by atoms with Crippen molar-refractivity contribution in [2.45, 2.75) is 26.3 Å². The lowest BCUT2D eigenvalue weighted by Crippen LogP contribution is -2.40. The van der Waals surface area contributed by atoms with Crippen LogP contribution < -0.4 is 10.7 Å². The molecule has 0 spiro atoms. The Kier molecular flexibility index (Phi) is 5.49. The van der Waals surface area contributed by atoms with E-state index in [-0.39, 0.29) is 11.4 Å². The number of thiophene rings is 1. The standard InChI is InChI=1S/C21H25N5O2S/c1-21(2,3)24-19(27)15-6-4-5-14(11-15)16-13-29-17-12-22-20(23-18(16)17)25-26-7-9-28-10-8-26/h4-6,11-13H,7-10H2,1-3H3,(H,24,27)(H,22,23,25). The average molecular weight is 412 g/mol. The van der Waals surface area contributed by atoms with E-state index in [2.05, 4.69) is 26.1 Å². The Hall–Kier alpha value is -2.55. The van der Waals surface area contributed by atoms with Crippen molar-refractivity contribution in [1.29, 1.82) is 0 Å². The van der Waals surface area contributed by atoms with Crippen LogP contribution in [0.15, 0.2) is 35.8 Å². The Labute approximate surface area is 174 Å². The largest absolute Gasteiger partial charge is 0.379 e. The minimum atomic E-state index is -0.282. The first-order valence-electron chi connectivity index (χ1n) is 9.66. The first-order valence-corrected chi connectivity index (χ1v) is 10.5. The van der Waals surface area contributed by atoms with Crippen LogP contribution >= 0.6 is 11.3 Å². The van der Waals surface area contributed by atoms with Crippen LogP contribution in [0.5, 0.6) is 0 Å². The highest BCUT2D eigenvalue weighted by Gasteiger charge is 2.17. The molecule has 1 aliphatic rings. The van der Waals surface area contributed by atoms with Crippen molar-refractivity contribution >= 4 is 33.4 Å². The van der Waals surface area contributed by atoms with Gasteiger partial charge in [-0.05, 0) is 38.5 Å². The summed E-state index contributed by atoms with van der Waals surface area (Å²) < 4.78 is 6.39. The molecule has 0 bridgehead atoms. The second kappa shape index (κ2) is 8.06. The molecule has 152 valence electrons. The number of morpholine rings is 1. The van der Waals surface area contributed by atoms with E-state index in [1.165, 1.54) is 0 Å². The number of hydrogen-bond acceptors (Lipinski definition) is 7. The third-order valence-electron chi connectivity index (χ3n) is 4.51. The summed E-state index contributed by atoms with van der Waals surface area (Å²) in [6, 6.07) is 7.66. The summed E-state index contributed by atoms with van der Waals surface area (Å²) in [4.78, 5) is 21.7. The van der Waals surface area contributed by atoms with Gasteiger partial charge in [0.25, 0.3) is 5.91 Å². The molecular formula is C21H25N5O2S. The summed E-state index contributed by atoms with van der Waals surface area (Å²) in [7, 11) is 0. The van der Waals surface area contributed by atoms with Gasteiger partial charge in [0.1, 0.15) is 0 Å². The lowest BCUT2D eigenvalue weighted by molar-refractivity contribution is 0.0493. The molecule has 2 aromatic heterocycles. The van der Waals surface area contributed by atoms with Gasteiger partial charge >= 0.3 is 0 Å². The fourth-order valence-corrected chi connectivity index (χ4v) is 4.02. The molecule has 2 N–H and O–H groups in total. The molecule has 1 saturated heterocycles. The summed E-state index contributed by atoms with van der Waals surface area (Å²) in [5.41, 5.74) is 6.48. The van der Waals surface area contributed by atoms with E-state index < -0.39 is 0 Å². The van der Waals surface area contributed by atoms with Gasteiger partial charge in [0.05, 0.1) is 29.6 Å². The summed E-state index contributed by atoms with van der Waals surface area (Å²) in [5, 5.41) is 7.14. The van der Waals surface area contributed by atoms with Crippen molar-refractivity contribution in [3.63, 3.8) is 0 Å². The summed E-state index contributed by atoms with van der Waals surface area (Å²) in [6.07, 6.45) is 1.84. The first kappa shape index (κ1) is 19.8. The SMILES string of the molecule is CC(C)(C)NC(=O)c1cccc(-c2csc3cnc(NN4CCOCC4)nc23)c1. The van der Waals surface area contributed by atoms with Crippen molar-refractivity contribution in [2.75, 3.05) is 31.7 Å². The smallest absolute Gasteiger partial charge is 0.251 e. The number of benzene rings is 1. The van der Waals surface area contributed by atoms with Crippen LogP contribution in [0.3, 0.4) is 0 Å². The zero-order chi connectivity index (χ0) is 20.4. The predicted molar refractivity (Wildman–Crippen MR) is 116 cm³/mol. The molecule has 0 aliphatic carbocycles. The molecule has 1 amide bonds. The number of aromatic nitrogens is 2. The highest BCUT2D eigenvalue weighted by molar-refractivity contribution is 7.17. The molecule has 0 unspecified atom stereocenters. The van der Waals surface area contributed by atoms with E-state index in [0.29, 0.717) is 24.7 Å². The first-order chi connectivity index (χ1) is 13.9. The zero-order valence-electron chi connectivity index (χ0n) is 16.9. The summed E-state index contributed by atoms with van der Waals surface area (Å²) in [6.45, 7) is 8.90. The maximum atomic E-state index is 12.6. The van der Waals surface area contributed by atoms with Crippen LogP contribution in [-0.2, 0) is 4.74 Å². The molecular weight excluding hydrogens is 386 g/mol. The van der Waals surface area contributed by atoms with E-state index in [1.54, 1.807) is 11.3 Å². The Morgan fingerprint density at radius 1 is 1.24 bits per heavy atom. The molecule has 3 aromatic rings. The second-order valence-corrected chi connectivity index (χ2v) is 8.96. The molecule has 0 atom stereocenters. The Bertz CT molecular complexity index is 1020. The predicted octanol–water partition coefficient (Wildman–Crippen LogP) is 3.55. The van der Waals surface area contributed by atoms with Gasteiger partial charge in [-0.1, -0.05) is 12.1 Å². The minimum absolute atomic E-state index is 0.0804. The Balaban J connectivity index is 1.62. The number of amides is 1. The molecule has 0 saturated carbocycles. The maximum absolute atomic E-state index is 12.6. The van der Waals surface area contributed by atoms with Gasteiger partial charge in [-0.15, -0.1) is 11.3 Å². The fourth-order valence-electron chi connectivity index (χ4n) is 3.14. The number of fused-ring (bicyclic) bond motifs is 1. The van der Waals surface area contributed by atoms with Crippen LogP contribution in [0.4, 0.5) is 5.95 Å². The molecule has 8 heteroatoms. The quantitative estimate of drug-likeness (QED) is 0.684. The van der Waals surface area contributed by atoms with Crippen molar-refractivity contribution in [3.05, 3.63) is 41.4 Å². The van der Waals surface area contributed by atoms with Crippen LogP contribution in [0.25, 0.3) is 21.3 Å². The van der Waals surface area contributed by atoms with Gasteiger partial charge < -0.3 is 10.1 Å². The lowest BCUT2D eigenvalue weighted by atomic mass is 10.0. The number of hydrogen-bond donors (Lipinski definition) is 2. The topological polar surface area (TPSA) is 79.4 Å². The number of carbonyl (C=O) groups is 1. The number of rotatable bonds is 4. The third-order valence-corrected chi connectivity index (χ3v) is 5.41. The van der Waals surface area contributed by atoms with E-state index in [9.17, 15) is 4.79 Å². The summed E-state index contributed by atoms with van der Waals surface area (Å²) in [5.74, 6) is 0.490. The molecule has 29 heavy (non-hydrogen) atoms. The Morgan fingerprint density at radius 3 is 2.79 bits per heavy atom. The number of nitrogens with one attached hydrogen (secondary N) is 2. The normalized spacial score (nSPS) is 15.4. The van der Waals surface area contributed by atoms with Gasteiger partial charge in [-0.3, -0.25) is 10.2 Å². The van der Waals surface area contributed by atoms with Gasteiger partial charge in [0, 0.05) is 35.1 Å². The maximum Gasteiger partial charge on any atom is 0.251 e. The number of nitrogens with zero attached hydrogens (tertiary/aromatic N) is 3. The number of ether oxygens (including phenoxy) is 1. The van der Waals surface area contributed by atoms with Crippen molar-refractivity contribution in [2.24, 2.45) is 0 Å². The fraction of sp³-hybridized carbons (Fsp3) is 0.381. The highest BCUT2D eigenvalue weighted by Crippen LogP contribution is 2.33. The van der Waals surface area contributed by atoms with E-state index in [0.717, 1.165) is 34.4 Å². The van der Waals surface area contributed by atoms with E-state index in [1.807, 2.05) is 51.2 Å². The molecule has 1 aliphatic heterocycles. The van der Waals surface area contributed by atoms with Crippen LogP contribution in [0.2, 0.25) is 0 Å². The van der Waals surface area contributed by atoms with Gasteiger partial charge in [-0.2, -0.15) is 0 Å². The van der Waals surface area contributed by atoms with Crippen molar-refractivity contribution < 1.29 is 9.53 Å². The number of hydrazine groups is 1. The molecule has 1 aromatic carbocycles. The Morgan fingerprint density at radius 2 is 2.03 bits per heavy atom. The van der Waals surface area contributed by atoms with Gasteiger partial charge in [0.2, 0.25) is 5.95 Å².